The van der Waals surface area contributed by atoms with Gasteiger partial charge in [0.05, 0.1) is 42.0 Å². The predicted octanol–water partition coefficient (Wildman–Crippen LogP) is 5.30. The van der Waals surface area contributed by atoms with E-state index in [1.807, 2.05) is 4.90 Å². The second-order valence-electron chi connectivity index (χ2n) is 11.6. The summed E-state index contributed by atoms with van der Waals surface area (Å²) >= 11 is 1.69. The quantitative estimate of drug-likeness (QED) is 0.276. The number of halogens is 3. The molecule has 0 spiro atoms. The molecule has 3 aliphatic heterocycles. The number of amides is 2. The lowest BCUT2D eigenvalue weighted by Gasteiger charge is -2.54. The number of rotatable bonds is 9. The molecule has 3 unspecified atom stereocenters. The molecule has 3 aromatic rings. The normalized spacial score (nSPS) is 22.1. The highest BCUT2D eigenvalue weighted by Crippen LogP contribution is 2.58. The maximum atomic E-state index is 14.0. The van der Waals surface area contributed by atoms with Gasteiger partial charge in [-0.2, -0.15) is 18.2 Å². The van der Waals surface area contributed by atoms with E-state index in [9.17, 15) is 22.8 Å². The van der Waals surface area contributed by atoms with Gasteiger partial charge in [0, 0.05) is 37.7 Å². The summed E-state index contributed by atoms with van der Waals surface area (Å²) in [5.74, 6) is 0.0271. The fourth-order valence-corrected chi connectivity index (χ4v) is 7.87. The molecule has 1 saturated carbocycles. The molecule has 0 radical (unpaired) electrons. The summed E-state index contributed by atoms with van der Waals surface area (Å²) in [6.45, 7) is 4.09. The number of nitrogens with zero attached hydrogens (tertiary/aromatic N) is 3. The zero-order chi connectivity index (χ0) is 33.3. The van der Waals surface area contributed by atoms with Crippen LogP contribution >= 0.6 is 11.8 Å². The van der Waals surface area contributed by atoms with E-state index >= 15 is 0 Å². The molecule has 4 aliphatic rings. The van der Waals surface area contributed by atoms with Crippen molar-refractivity contribution in [3.8, 4) is 11.5 Å². The summed E-state index contributed by atoms with van der Waals surface area (Å²) in [6, 6.07) is 9.93. The number of carbonyl (C=O) groups excluding carboxylic acids is 2. The number of thioether (sulfide) groups is 1. The van der Waals surface area contributed by atoms with Gasteiger partial charge in [-0.25, -0.2) is 4.98 Å². The topological polar surface area (TPSA) is 127 Å². The summed E-state index contributed by atoms with van der Waals surface area (Å²) in [7, 11) is 2.91. The number of anilines is 4. The molecule has 3 N–H and O–H groups in total. The Kier molecular flexibility index (Phi) is 9.12. The first-order chi connectivity index (χ1) is 22.5. The summed E-state index contributed by atoms with van der Waals surface area (Å²) in [4.78, 5) is 35.6. The SMILES string of the molecule is CNC(=O)c1cccc(C)c1Nc1nc(Nc2ccc(OC3CCC4(C(=O)N5CCOCC5)CC3S4)cc2OC)ncc1C(F)(F)F. The average Bonchev–Trinajstić information content (AvgIpc) is 3.05. The molecule has 11 nitrogen and oxygen atoms in total. The second kappa shape index (κ2) is 13.1. The van der Waals surface area contributed by atoms with Crippen molar-refractivity contribution < 1.29 is 37.0 Å². The van der Waals surface area contributed by atoms with Crippen LogP contribution in [0.2, 0.25) is 0 Å². The van der Waals surface area contributed by atoms with Crippen molar-refractivity contribution in [2.75, 3.05) is 51.1 Å². The van der Waals surface area contributed by atoms with Crippen molar-refractivity contribution >= 4 is 46.7 Å². The van der Waals surface area contributed by atoms with Crippen LogP contribution in [0.4, 0.5) is 36.3 Å². The molecule has 15 heteroatoms. The van der Waals surface area contributed by atoms with Crippen LogP contribution in [0.3, 0.4) is 0 Å². The molecule has 1 aliphatic carbocycles. The van der Waals surface area contributed by atoms with Gasteiger partial charge in [-0.3, -0.25) is 9.59 Å². The minimum Gasteiger partial charge on any atom is -0.494 e. The maximum Gasteiger partial charge on any atom is 0.421 e. The molecule has 2 amide bonds. The lowest BCUT2D eigenvalue weighted by Crippen LogP contribution is -2.62. The van der Waals surface area contributed by atoms with Crippen molar-refractivity contribution in [3.05, 3.63) is 59.3 Å². The fraction of sp³-hybridized carbons (Fsp3) is 0.438. The minimum atomic E-state index is -4.76. The van der Waals surface area contributed by atoms with Crippen molar-refractivity contribution in [1.82, 2.24) is 20.2 Å². The van der Waals surface area contributed by atoms with Gasteiger partial charge >= 0.3 is 6.18 Å². The smallest absolute Gasteiger partial charge is 0.421 e. The van der Waals surface area contributed by atoms with Crippen LogP contribution in [0.1, 0.15) is 40.7 Å². The number of morpholine rings is 1. The third-order valence-corrected chi connectivity index (χ3v) is 10.4. The third-order valence-electron chi connectivity index (χ3n) is 8.63. The number of ether oxygens (including phenoxy) is 3. The number of nitrogens with one attached hydrogen (secondary N) is 3. The monoisotopic (exact) mass is 672 g/mol. The predicted molar refractivity (Wildman–Crippen MR) is 171 cm³/mol. The minimum absolute atomic E-state index is 0.0733. The van der Waals surface area contributed by atoms with E-state index < -0.39 is 23.5 Å². The molecule has 2 bridgehead atoms. The van der Waals surface area contributed by atoms with Gasteiger partial charge in [-0.1, -0.05) is 12.1 Å². The Hall–Kier alpha value is -4.24. The lowest BCUT2D eigenvalue weighted by atomic mass is 9.83. The number of methoxy groups -OCH3 is 1. The van der Waals surface area contributed by atoms with Crippen LogP contribution in [0, 0.1) is 6.92 Å². The van der Waals surface area contributed by atoms with Gasteiger partial charge in [0.2, 0.25) is 11.9 Å². The number of alkyl halides is 3. The first-order valence-corrected chi connectivity index (χ1v) is 16.1. The largest absolute Gasteiger partial charge is 0.494 e. The van der Waals surface area contributed by atoms with E-state index in [0.717, 1.165) is 19.3 Å². The Morgan fingerprint density at radius 3 is 2.57 bits per heavy atom. The summed E-state index contributed by atoms with van der Waals surface area (Å²) < 4.78 is 58.9. The Bertz CT molecular complexity index is 1660. The first-order valence-electron chi connectivity index (χ1n) is 15.2. The molecule has 4 fully saturated rings. The number of aromatic nitrogens is 2. The Labute approximate surface area is 273 Å². The highest BCUT2D eigenvalue weighted by atomic mass is 32.2. The number of hydrogen-bond acceptors (Lipinski definition) is 10. The number of para-hydroxylation sites is 1. The number of carbonyl (C=O) groups is 2. The zero-order valence-electron chi connectivity index (χ0n) is 26.1. The van der Waals surface area contributed by atoms with Crippen LogP contribution in [0.15, 0.2) is 42.6 Å². The van der Waals surface area contributed by atoms with Crippen LogP contribution in [-0.2, 0) is 15.7 Å². The van der Waals surface area contributed by atoms with Crippen molar-refractivity contribution in [2.24, 2.45) is 0 Å². The highest BCUT2D eigenvalue weighted by Gasteiger charge is 2.59. The maximum absolute atomic E-state index is 14.0. The van der Waals surface area contributed by atoms with E-state index in [1.165, 1.54) is 20.2 Å². The zero-order valence-corrected chi connectivity index (χ0v) is 26.9. The molecule has 250 valence electrons. The Morgan fingerprint density at radius 2 is 1.91 bits per heavy atom. The number of fused-ring (bicyclic) bond motifs is 2. The molecule has 7 rings (SSSR count). The molecule has 2 aromatic carbocycles. The van der Waals surface area contributed by atoms with E-state index in [1.54, 1.807) is 49.0 Å². The van der Waals surface area contributed by atoms with E-state index in [2.05, 4.69) is 25.9 Å². The summed E-state index contributed by atoms with van der Waals surface area (Å²) in [5, 5.41) is 8.36. The van der Waals surface area contributed by atoms with E-state index in [4.69, 9.17) is 14.2 Å². The number of benzene rings is 2. The van der Waals surface area contributed by atoms with Gasteiger partial charge in [0.25, 0.3) is 5.91 Å². The van der Waals surface area contributed by atoms with E-state index in [0.29, 0.717) is 55.2 Å². The Balaban J connectivity index is 1.17. The van der Waals surface area contributed by atoms with Crippen LogP contribution in [-0.4, -0.2) is 83.2 Å². The van der Waals surface area contributed by atoms with Crippen LogP contribution in [0.25, 0.3) is 0 Å². The molecule has 1 aromatic heterocycles. The van der Waals surface area contributed by atoms with Gasteiger partial charge in [0.15, 0.2) is 0 Å². The number of aryl methyl sites for hydroxylation is 1. The molecule has 47 heavy (non-hydrogen) atoms. The van der Waals surface area contributed by atoms with Crippen LogP contribution in [0.5, 0.6) is 11.5 Å². The molecular formula is C32H35F3N6O5S. The summed E-state index contributed by atoms with van der Waals surface area (Å²) in [6.07, 6.45) is -1.90. The van der Waals surface area contributed by atoms with Crippen molar-refractivity contribution in [3.63, 3.8) is 0 Å². The standard InChI is InChI=1S/C32H35F3N6O5S/c1-18-5-4-6-20(28(42)36-2)26(18)39-27-21(32(33,34)35)17-37-30(40-27)38-22-8-7-19(15-24(22)44-3)46-23-9-10-31(16-25(23)47-31)29(43)41-11-13-45-14-12-41/h4-8,15,17,23,25H,9-14,16H2,1-3H3,(H,36,42)(H2,37,38,39,40). The van der Waals surface area contributed by atoms with Gasteiger partial charge in [-0.15, -0.1) is 11.8 Å². The lowest BCUT2D eigenvalue weighted by molar-refractivity contribution is -0.140. The van der Waals surface area contributed by atoms with Gasteiger partial charge < -0.3 is 35.1 Å². The first kappa shape index (κ1) is 32.7. The van der Waals surface area contributed by atoms with Gasteiger partial charge in [-0.05, 0) is 49.9 Å². The summed E-state index contributed by atoms with van der Waals surface area (Å²) in [5.41, 5.74) is 0.221. The Morgan fingerprint density at radius 1 is 1.15 bits per heavy atom. The molecule has 3 atom stereocenters. The average molecular weight is 673 g/mol. The van der Waals surface area contributed by atoms with Crippen LogP contribution < -0.4 is 25.4 Å². The van der Waals surface area contributed by atoms with Crippen molar-refractivity contribution in [1.29, 1.82) is 0 Å². The third kappa shape index (κ3) is 6.63. The van der Waals surface area contributed by atoms with Crippen molar-refractivity contribution in [2.45, 2.75) is 48.5 Å². The molecular weight excluding hydrogens is 637 g/mol. The second-order valence-corrected chi connectivity index (χ2v) is 13.2. The van der Waals surface area contributed by atoms with Gasteiger partial charge in [0.1, 0.15) is 29.0 Å². The number of hydrogen-bond donors (Lipinski definition) is 3. The molecule has 3 saturated heterocycles. The van der Waals surface area contributed by atoms with E-state index in [-0.39, 0.29) is 39.2 Å². The highest BCUT2D eigenvalue weighted by molar-refractivity contribution is 8.03. The fourth-order valence-electron chi connectivity index (χ4n) is 6.13. The molecule has 4 heterocycles.